The molecule has 2 N–H and O–H groups in total. The highest BCUT2D eigenvalue weighted by atomic mass is 35.5. The van der Waals surface area contributed by atoms with Gasteiger partial charge in [-0.1, -0.05) is 11.6 Å². The molecule has 3 rings (SSSR count). The molecule has 0 aliphatic heterocycles. The Labute approximate surface area is 127 Å². The Balaban J connectivity index is 2.33. The molecule has 0 atom stereocenters. The first-order valence-electron chi connectivity index (χ1n) is 6.70. The van der Waals surface area contributed by atoms with Crippen molar-refractivity contribution in [1.82, 2.24) is 9.55 Å². The van der Waals surface area contributed by atoms with Crippen molar-refractivity contribution >= 4 is 28.3 Å². The number of rotatable bonds is 2. The molecule has 0 saturated carbocycles. The van der Waals surface area contributed by atoms with Crippen molar-refractivity contribution < 1.29 is 4.39 Å². The van der Waals surface area contributed by atoms with Crippen LogP contribution in [0.15, 0.2) is 36.4 Å². The van der Waals surface area contributed by atoms with Gasteiger partial charge in [-0.25, -0.2) is 9.37 Å². The van der Waals surface area contributed by atoms with Gasteiger partial charge in [0.15, 0.2) is 0 Å². The molecule has 0 spiro atoms. The van der Waals surface area contributed by atoms with Crippen molar-refractivity contribution in [3.05, 3.63) is 47.2 Å². The lowest BCUT2D eigenvalue weighted by molar-refractivity contribution is 0.620. The first-order valence-corrected chi connectivity index (χ1v) is 7.08. The molecule has 21 heavy (non-hydrogen) atoms. The van der Waals surface area contributed by atoms with Crippen LogP contribution in [0.3, 0.4) is 0 Å². The molecule has 3 nitrogen and oxygen atoms in total. The second kappa shape index (κ2) is 5.04. The lowest BCUT2D eigenvalue weighted by Gasteiger charge is -2.14. The summed E-state index contributed by atoms with van der Waals surface area (Å²) < 4.78 is 15.5. The van der Waals surface area contributed by atoms with Crippen LogP contribution in [0.4, 0.5) is 10.1 Å². The average Bonchev–Trinajstić information content (AvgIpc) is 2.76. The normalized spacial score (nSPS) is 11.5. The predicted molar refractivity (Wildman–Crippen MR) is 84.9 cm³/mol. The van der Waals surface area contributed by atoms with Gasteiger partial charge in [-0.3, -0.25) is 0 Å². The van der Waals surface area contributed by atoms with Crippen LogP contribution >= 0.6 is 11.6 Å². The van der Waals surface area contributed by atoms with E-state index in [0.717, 1.165) is 16.9 Å². The Hall–Kier alpha value is -2.07. The van der Waals surface area contributed by atoms with Gasteiger partial charge in [0.2, 0.25) is 0 Å². The number of imidazole rings is 1. The number of hydrogen-bond donors (Lipinski definition) is 1. The summed E-state index contributed by atoms with van der Waals surface area (Å²) in [7, 11) is 0. The topological polar surface area (TPSA) is 43.8 Å². The molecule has 1 aromatic heterocycles. The number of nitrogens with two attached hydrogens (primary N) is 1. The fourth-order valence-electron chi connectivity index (χ4n) is 2.50. The van der Waals surface area contributed by atoms with Gasteiger partial charge in [0.05, 0.1) is 16.1 Å². The van der Waals surface area contributed by atoms with E-state index in [1.165, 1.54) is 12.1 Å². The standard InChI is InChI=1S/C16H15ClFN3/c1-9(2)21-15-6-3-10(18)7-14(15)20-16(21)12-5-4-11(19)8-13(12)17/h3-9H,19H2,1-2H3. The summed E-state index contributed by atoms with van der Waals surface area (Å²) in [6.45, 7) is 4.11. The van der Waals surface area contributed by atoms with E-state index < -0.39 is 0 Å². The summed E-state index contributed by atoms with van der Waals surface area (Å²) >= 11 is 6.29. The van der Waals surface area contributed by atoms with Crippen molar-refractivity contribution in [2.45, 2.75) is 19.9 Å². The highest BCUT2D eigenvalue weighted by Gasteiger charge is 2.17. The molecule has 1 heterocycles. The number of fused-ring (bicyclic) bond motifs is 1. The van der Waals surface area contributed by atoms with Gasteiger partial charge in [0.25, 0.3) is 0 Å². The Morgan fingerprint density at radius 2 is 1.95 bits per heavy atom. The van der Waals surface area contributed by atoms with Gasteiger partial charge in [0, 0.05) is 23.4 Å². The van der Waals surface area contributed by atoms with E-state index in [4.69, 9.17) is 17.3 Å². The monoisotopic (exact) mass is 303 g/mol. The van der Waals surface area contributed by atoms with E-state index in [1.54, 1.807) is 18.2 Å². The first-order chi connectivity index (χ1) is 9.97. The van der Waals surface area contributed by atoms with Crippen molar-refractivity contribution in [3.63, 3.8) is 0 Å². The molecule has 5 heteroatoms. The number of nitrogen functional groups attached to an aromatic ring is 1. The predicted octanol–water partition coefficient (Wildman–Crippen LogP) is 4.66. The lowest BCUT2D eigenvalue weighted by atomic mass is 10.2. The fourth-order valence-corrected chi connectivity index (χ4v) is 2.77. The summed E-state index contributed by atoms with van der Waals surface area (Å²) in [6, 6.07) is 10.1. The van der Waals surface area contributed by atoms with Crippen molar-refractivity contribution in [2.24, 2.45) is 0 Å². The summed E-state index contributed by atoms with van der Waals surface area (Å²) in [4.78, 5) is 4.55. The number of benzene rings is 2. The number of hydrogen-bond acceptors (Lipinski definition) is 2. The number of aromatic nitrogens is 2. The van der Waals surface area contributed by atoms with Gasteiger partial charge in [-0.2, -0.15) is 0 Å². The van der Waals surface area contributed by atoms with Gasteiger partial charge < -0.3 is 10.3 Å². The second-order valence-corrected chi connectivity index (χ2v) is 5.68. The fraction of sp³-hybridized carbons (Fsp3) is 0.188. The molecule has 0 unspecified atom stereocenters. The Bertz CT molecular complexity index is 824. The van der Waals surface area contributed by atoms with Crippen LogP contribution in [0.1, 0.15) is 19.9 Å². The molecule has 2 aromatic carbocycles. The van der Waals surface area contributed by atoms with Crippen molar-refractivity contribution in [3.8, 4) is 11.4 Å². The third-order valence-corrected chi connectivity index (χ3v) is 3.71. The Morgan fingerprint density at radius 3 is 2.62 bits per heavy atom. The van der Waals surface area contributed by atoms with Gasteiger partial charge in [-0.05, 0) is 44.2 Å². The number of nitrogens with zero attached hydrogens (tertiary/aromatic N) is 2. The Morgan fingerprint density at radius 1 is 1.19 bits per heavy atom. The van der Waals surface area contributed by atoms with Crippen molar-refractivity contribution in [2.75, 3.05) is 5.73 Å². The maximum atomic E-state index is 13.4. The SMILES string of the molecule is CC(C)n1c(-c2ccc(N)cc2Cl)nc2cc(F)ccc21. The number of anilines is 1. The van der Waals surface area contributed by atoms with Crippen LogP contribution in [0.5, 0.6) is 0 Å². The Kier molecular flexibility index (Phi) is 3.33. The smallest absolute Gasteiger partial charge is 0.142 e. The van der Waals surface area contributed by atoms with E-state index in [-0.39, 0.29) is 11.9 Å². The zero-order valence-corrected chi connectivity index (χ0v) is 12.5. The van der Waals surface area contributed by atoms with Crippen LogP contribution in [-0.4, -0.2) is 9.55 Å². The van der Waals surface area contributed by atoms with E-state index in [2.05, 4.69) is 18.8 Å². The molecule has 3 aromatic rings. The summed E-state index contributed by atoms with van der Waals surface area (Å²) in [5.74, 6) is 0.418. The molecule has 0 amide bonds. The molecule has 0 aliphatic rings. The van der Waals surface area contributed by atoms with E-state index in [0.29, 0.717) is 16.2 Å². The molecule has 0 radical (unpaired) electrons. The summed E-state index contributed by atoms with van der Waals surface area (Å²) in [5, 5.41) is 0.535. The van der Waals surface area contributed by atoms with Crippen LogP contribution in [0.25, 0.3) is 22.4 Å². The van der Waals surface area contributed by atoms with Gasteiger partial charge in [0.1, 0.15) is 11.6 Å². The molecule has 0 aliphatic carbocycles. The van der Waals surface area contributed by atoms with E-state index >= 15 is 0 Å². The maximum Gasteiger partial charge on any atom is 0.142 e. The minimum Gasteiger partial charge on any atom is -0.399 e. The average molecular weight is 304 g/mol. The lowest BCUT2D eigenvalue weighted by Crippen LogP contribution is -2.03. The molecule has 0 bridgehead atoms. The molecule has 0 saturated heterocycles. The highest BCUT2D eigenvalue weighted by molar-refractivity contribution is 6.33. The minimum atomic E-state index is -0.300. The molecule has 0 fully saturated rings. The van der Waals surface area contributed by atoms with Gasteiger partial charge >= 0.3 is 0 Å². The second-order valence-electron chi connectivity index (χ2n) is 5.27. The largest absolute Gasteiger partial charge is 0.399 e. The molecular formula is C16H15ClFN3. The first kappa shape index (κ1) is 13.9. The van der Waals surface area contributed by atoms with Crippen LogP contribution < -0.4 is 5.73 Å². The highest BCUT2D eigenvalue weighted by Crippen LogP contribution is 2.33. The zero-order valence-electron chi connectivity index (χ0n) is 11.8. The van der Waals surface area contributed by atoms with Crippen LogP contribution in [-0.2, 0) is 0 Å². The summed E-state index contributed by atoms with van der Waals surface area (Å²) in [5.41, 5.74) is 8.63. The molecular weight excluding hydrogens is 289 g/mol. The van der Waals surface area contributed by atoms with E-state index in [1.807, 2.05) is 10.6 Å². The van der Waals surface area contributed by atoms with Gasteiger partial charge in [-0.15, -0.1) is 0 Å². The van der Waals surface area contributed by atoms with E-state index in [9.17, 15) is 4.39 Å². The third-order valence-electron chi connectivity index (χ3n) is 3.40. The maximum absolute atomic E-state index is 13.4. The summed E-state index contributed by atoms with van der Waals surface area (Å²) in [6.07, 6.45) is 0. The molecule has 108 valence electrons. The van der Waals surface area contributed by atoms with Crippen LogP contribution in [0, 0.1) is 5.82 Å². The third kappa shape index (κ3) is 2.36. The zero-order chi connectivity index (χ0) is 15.1. The van der Waals surface area contributed by atoms with Crippen molar-refractivity contribution in [1.29, 1.82) is 0 Å². The minimum absolute atomic E-state index is 0.170. The quantitative estimate of drug-likeness (QED) is 0.700. The number of halogens is 2. The van der Waals surface area contributed by atoms with Crippen LogP contribution in [0.2, 0.25) is 5.02 Å².